The number of nitrogens with two attached hydrogens (primary N) is 1. The number of hydrogen-bond donors (Lipinski definition) is 1. The van der Waals surface area contributed by atoms with Gasteiger partial charge in [0, 0.05) is 29.6 Å². The smallest absolute Gasteiger partial charge is 0.366 e. The van der Waals surface area contributed by atoms with Gasteiger partial charge in [-0.05, 0) is 34.5 Å². The second-order valence-electron chi connectivity index (χ2n) is 5.56. The number of fused-ring (bicyclic) bond motifs is 3. The standard InChI is InChI=1S/C16H12ClF3N2O2/c17-6-10-7-22(15(24)16(18,19)20)12-4-3-8-1-2-9(14(21)23)5-11(8)13(10)12/h1-5,10H,6-7H2,(H2,21,23). The zero-order chi connectivity index (χ0) is 17.6. The average Bonchev–Trinajstić information content (AvgIpc) is 2.91. The molecule has 3 rings (SSSR count). The van der Waals surface area contributed by atoms with Gasteiger partial charge in [0.25, 0.3) is 0 Å². The average molecular weight is 357 g/mol. The van der Waals surface area contributed by atoms with E-state index in [1.54, 1.807) is 18.2 Å². The Morgan fingerprint density at radius 2 is 1.92 bits per heavy atom. The van der Waals surface area contributed by atoms with Crippen molar-refractivity contribution in [1.29, 1.82) is 0 Å². The van der Waals surface area contributed by atoms with E-state index in [4.69, 9.17) is 17.3 Å². The number of carbonyl (C=O) groups excluding carboxylic acids is 2. The molecule has 0 aliphatic carbocycles. The van der Waals surface area contributed by atoms with Crippen LogP contribution in [0.5, 0.6) is 0 Å². The van der Waals surface area contributed by atoms with Gasteiger partial charge in [0.15, 0.2) is 0 Å². The van der Waals surface area contributed by atoms with Crippen LogP contribution in [0, 0.1) is 0 Å². The van der Waals surface area contributed by atoms with Gasteiger partial charge >= 0.3 is 12.1 Å². The van der Waals surface area contributed by atoms with Gasteiger partial charge in [0.2, 0.25) is 5.91 Å². The number of benzene rings is 2. The van der Waals surface area contributed by atoms with Crippen molar-refractivity contribution < 1.29 is 22.8 Å². The lowest BCUT2D eigenvalue weighted by Gasteiger charge is -2.19. The summed E-state index contributed by atoms with van der Waals surface area (Å²) < 4.78 is 38.5. The summed E-state index contributed by atoms with van der Waals surface area (Å²) in [6.07, 6.45) is -4.97. The number of nitrogens with zero attached hydrogens (tertiary/aromatic N) is 1. The van der Waals surface area contributed by atoms with Crippen LogP contribution in [0.1, 0.15) is 21.8 Å². The van der Waals surface area contributed by atoms with E-state index in [1.165, 1.54) is 12.1 Å². The number of primary amides is 1. The summed E-state index contributed by atoms with van der Waals surface area (Å²) in [7, 11) is 0. The van der Waals surface area contributed by atoms with Gasteiger partial charge in [-0.25, -0.2) is 0 Å². The van der Waals surface area contributed by atoms with Gasteiger partial charge in [-0.2, -0.15) is 13.2 Å². The Labute approximate surface area is 140 Å². The lowest BCUT2D eigenvalue weighted by atomic mass is 9.94. The number of amides is 2. The lowest BCUT2D eigenvalue weighted by Crippen LogP contribution is -2.40. The first kappa shape index (κ1) is 16.6. The van der Waals surface area contributed by atoms with Crippen LogP contribution in [0.25, 0.3) is 10.8 Å². The molecular formula is C16H12ClF3N2O2. The maximum absolute atomic E-state index is 12.8. The zero-order valence-electron chi connectivity index (χ0n) is 12.2. The quantitative estimate of drug-likeness (QED) is 0.840. The van der Waals surface area contributed by atoms with Gasteiger partial charge in [0.1, 0.15) is 0 Å². The number of rotatable bonds is 2. The van der Waals surface area contributed by atoms with Crippen molar-refractivity contribution in [1.82, 2.24) is 0 Å². The van der Waals surface area contributed by atoms with E-state index in [2.05, 4.69) is 0 Å². The SMILES string of the molecule is NC(=O)c1ccc2ccc3c(c2c1)C(CCl)CN3C(=O)C(F)(F)F. The molecule has 24 heavy (non-hydrogen) atoms. The van der Waals surface area contributed by atoms with E-state index in [-0.39, 0.29) is 23.7 Å². The van der Waals surface area contributed by atoms with Gasteiger partial charge in [0.05, 0.1) is 0 Å². The van der Waals surface area contributed by atoms with Crippen molar-refractivity contribution >= 4 is 39.9 Å². The Morgan fingerprint density at radius 3 is 2.50 bits per heavy atom. The number of anilines is 1. The molecule has 8 heteroatoms. The molecule has 0 saturated carbocycles. The van der Waals surface area contributed by atoms with Crippen LogP contribution in [0.4, 0.5) is 18.9 Å². The molecule has 0 bridgehead atoms. The Morgan fingerprint density at radius 1 is 1.25 bits per heavy atom. The van der Waals surface area contributed by atoms with Gasteiger partial charge in [-0.1, -0.05) is 12.1 Å². The monoisotopic (exact) mass is 356 g/mol. The highest BCUT2D eigenvalue weighted by molar-refractivity contribution is 6.19. The van der Waals surface area contributed by atoms with Crippen LogP contribution in [0.2, 0.25) is 0 Å². The third-order valence-electron chi connectivity index (χ3n) is 4.10. The summed E-state index contributed by atoms with van der Waals surface area (Å²) in [5.41, 5.74) is 6.21. The maximum Gasteiger partial charge on any atom is 0.471 e. The minimum atomic E-state index is -4.97. The zero-order valence-corrected chi connectivity index (χ0v) is 13.0. The van der Waals surface area contributed by atoms with E-state index in [0.717, 1.165) is 5.39 Å². The van der Waals surface area contributed by atoms with E-state index in [1.807, 2.05) is 0 Å². The molecule has 1 heterocycles. The first-order valence-electron chi connectivity index (χ1n) is 7.05. The summed E-state index contributed by atoms with van der Waals surface area (Å²) in [6, 6.07) is 7.80. The van der Waals surface area contributed by atoms with Crippen molar-refractivity contribution in [2.45, 2.75) is 12.1 Å². The maximum atomic E-state index is 12.8. The van der Waals surface area contributed by atoms with E-state index < -0.39 is 23.9 Å². The van der Waals surface area contributed by atoms with Crippen molar-refractivity contribution in [2.24, 2.45) is 5.73 Å². The van der Waals surface area contributed by atoms with Gasteiger partial charge in [-0.15, -0.1) is 11.6 Å². The van der Waals surface area contributed by atoms with Crippen molar-refractivity contribution in [3.63, 3.8) is 0 Å². The summed E-state index contributed by atoms with van der Waals surface area (Å²) in [5.74, 6) is -2.98. The van der Waals surface area contributed by atoms with Crippen LogP contribution < -0.4 is 10.6 Å². The molecule has 2 aromatic rings. The summed E-state index contributed by atoms with van der Waals surface area (Å²) >= 11 is 5.91. The Bertz CT molecular complexity index is 851. The third kappa shape index (κ3) is 2.58. The summed E-state index contributed by atoms with van der Waals surface area (Å²) in [6.45, 7) is -0.156. The van der Waals surface area contributed by atoms with Crippen molar-refractivity contribution in [3.8, 4) is 0 Å². The highest BCUT2D eigenvalue weighted by atomic mass is 35.5. The number of alkyl halides is 4. The minimum absolute atomic E-state index is 0.0501. The van der Waals surface area contributed by atoms with Gasteiger partial charge < -0.3 is 10.6 Å². The Kier molecular flexibility index (Phi) is 3.91. The normalized spacial score (nSPS) is 17.2. The third-order valence-corrected chi connectivity index (χ3v) is 4.47. The van der Waals surface area contributed by atoms with E-state index >= 15 is 0 Å². The largest absolute Gasteiger partial charge is 0.471 e. The van der Waals surface area contributed by atoms with Crippen LogP contribution >= 0.6 is 11.6 Å². The van der Waals surface area contributed by atoms with Crippen LogP contribution in [-0.2, 0) is 4.79 Å². The minimum Gasteiger partial charge on any atom is -0.366 e. The molecule has 0 radical (unpaired) electrons. The first-order valence-corrected chi connectivity index (χ1v) is 7.58. The Balaban J connectivity index is 2.22. The van der Waals surface area contributed by atoms with E-state index in [9.17, 15) is 22.8 Å². The van der Waals surface area contributed by atoms with Crippen LogP contribution in [0.15, 0.2) is 30.3 Å². The molecular weight excluding hydrogens is 345 g/mol. The predicted octanol–water partition coefficient (Wildman–Crippen LogP) is 3.17. The second kappa shape index (κ2) is 5.66. The number of halogens is 4. The highest BCUT2D eigenvalue weighted by Gasteiger charge is 2.46. The molecule has 4 nitrogen and oxygen atoms in total. The lowest BCUT2D eigenvalue weighted by molar-refractivity contribution is -0.170. The van der Waals surface area contributed by atoms with Crippen LogP contribution in [-0.4, -0.2) is 30.4 Å². The van der Waals surface area contributed by atoms with E-state index in [0.29, 0.717) is 15.8 Å². The molecule has 2 amide bonds. The number of carbonyl (C=O) groups is 2. The predicted molar refractivity (Wildman–Crippen MR) is 84.3 cm³/mol. The molecule has 2 N–H and O–H groups in total. The fourth-order valence-electron chi connectivity index (χ4n) is 3.03. The topological polar surface area (TPSA) is 63.4 Å². The molecule has 0 aromatic heterocycles. The summed E-state index contributed by atoms with van der Waals surface area (Å²) in [5, 5.41) is 1.31. The molecule has 1 atom stereocenters. The molecule has 126 valence electrons. The summed E-state index contributed by atoms with van der Waals surface area (Å²) in [4.78, 5) is 23.8. The number of hydrogen-bond acceptors (Lipinski definition) is 2. The molecule has 1 aliphatic rings. The molecule has 0 spiro atoms. The van der Waals surface area contributed by atoms with Crippen molar-refractivity contribution in [3.05, 3.63) is 41.5 Å². The fourth-order valence-corrected chi connectivity index (χ4v) is 3.28. The molecule has 1 aliphatic heterocycles. The van der Waals surface area contributed by atoms with Crippen molar-refractivity contribution in [2.75, 3.05) is 17.3 Å². The first-order chi connectivity index (χ1) is 11.2. The molecule has 0 saturated heterocycles. The highest BCUT2D eigenvalue weighted by Crippen LogP contribution is 2.43. The molecule has 0 fully saturated rings. The van der Waals surface area contributed by atoms with Gasteiger partial charge in [-0.3, -0.25) is 9.59 Å². The fraction of sp³-hybridized carbons (Fsp3) is 0.250. The molecule has 2 aromatic carbocycles. The molecule has 1 unspecified atom stereocenters. The second-order valence-corrected chi connectivity index (χ2v) is 5.87. The Hall–Kier alpha value is -2.28. The van der Waals surface area contributed by atoms with Crippen LogP contribution in [0.3, 0.4) is 0 Å².